The summed E-state index contributed by atoms with van der Waals surface area (Å²) in [6.07, 6.45) is 8.61. The highest BCUT2D eigenvalue weighted by atomic mass is 32.2. The Hall–Kier alpha value is -1.89. The molecule has 1 saturated heterocycles. The average Bonchev–Trinajstić information content (AvgIpc) is 3.00. The zero-order chi connectivity index (χ0) is 14.7. The van der Waals surface area contributed by atoms with Crippen molar-refractivity contribution in [2.24, 2.45) is 5.92 Å². The summed E-state index contributed by atoms with van der Waals surface area (Å²) in [7, 11) is 0. The minimum atomic E-state index is -0.402. The van der Waals surface area contributed by atoms with Crippen molar-refractivity contribution in [2.45, 2.75) is 18.9 Å². The van der Waals surface area contributed by atoms with E-state index in [-0.39, 0.29) is 11.7 Å². The van der Waals surface area contributed by atoms with Gasteiger partial charge < -0.3 is 0 Å². The van der Waals surface area contributed by atoms with E-state index in [2.05, 4.69) is 10.1 Å². The minimum Gasteiger partial charge on any atom is -0.264 e. The van der Waals surface area contributed by atoms with Gasteiger partial charge in [0, 0.05) is 12.4 Å². The molecule has 1 aliphatic heterocycles. The van der Waals surface area contributed by atoms with Crippen LogP contribution in [0.1, 0.15) is 24.4 Å². The second-order valence-electron chi connectivity index (χ2n) is 5.12. The van der Waals surface area contributed by atoms with Gasteiger partial charge in [-0.25, -0.2) is 0 Å². The summed E-state index contributed by atoms with van der Waals surface area (Å²) in [6.45, 7) is 0. The van der Waals surface area contributed by atoms with Crippen LogP contribution in [0.4, 0.5) is 5.69 Å². The van der Waals surface area contributed by atoms with Crippen LogP contribution in [0.3, 0.4) is 0 Å². The number of thioether (sulfide) groups is 1. The SMILES string of the molecule is O=[N+]([O-])c1cnn(C(c2cccnc2)C2CCSCC2)c1. The fourth-order valence-corrected chi connectivity index (χ4v) is 3.94. The quantitative estimate of drug-likeness (QED) is 0.641. The second-order valence-corrected chi connectivity index (χ2v) is 6.34. The number of rotatable bonds is 4. The van der Waals surface area contributed by atoms with E-state index in [9.17, 15) is 10.1 Å². The summed E-state index contributed by atoms with van der Waals surface area (Å²) in [6, 6.07) is 3.94. The van der Waals surface area contributed by atoms with E-state index >= 15 is 0 Å². The van der Waals surface area contributed by atoms with E-state index in [1.54, 1.807) is 10.9 Å². The van der Waals surface area contributed by atoms with Crippen LogP contribution >= 0.6 is 11.8 Å². The van der Waals surface area contributed by atoms with E-state index in [0.29, 0.717) is 5.92 Å². The predicted octanol–water partition coefficient (Wildman–Crippen LogP) is 2.92. The van der Waals surface area contributed by atoms with Crippen LogP contribution < -0.4 is 0 Å². The third-order valence-electron chi connectivity index (χ3n) is 3.82. The normalized spacial score (nSPS) is 17.5. The summed E-state index contributed by atoms with van der Waals surface area (Å²) in [4.78, 5) is 14.7. The highest BCUT2D eigenvalue weighted by molar-refractivity contribution is 7.99. The smallest absolute Gasteiger partial charge is 0.264 e. The molecule has 0 radical (unpaired) electrons. The topological polar surface area (TPSA) is 73.8 Å². The van der Waals surface area contributed by atoms with Crippen LogP contribution in [0.15, 0.2) is 36.9 Å². The largest absolute Gasteiger partial charge is 0.307 e. The summed E-state index contributed by atoms with van der Waals surface area (Å²) in [5, 5.41) is 15.1. The Labute approximate surface area is 126 Å². The van der Waals surface area contributed by atoms with Crippen molar-refractivity contribution >= 4 is 17.4 Å². The van der Waals surface area contributed by atoms with Gasteiger partial charge in [-0.2, -0.15) is 16.9 Å². The third-order valence-corrected chi connectivity index (χ3v) is 4.87. The molecule has 110 valence electrons. The molecular formula is C14H16N4O2S. The molecule has 2 aromatic heterocycles. The van der Waals surface area contributed by atoms with Crippen molar-refractivity contribution in [3.8, 4) is 0 Å². The van der Waals surface area contributed by atoms with Gasteiger partial charge >= 0.3 is 5.69 Å². The number of aromatic nitrogens is 3. The Bertz CT molecular complexity index is 610. The van der Waals surface area contributed by atoms with Gasteiger partial charge in [-0.05, 0) is 41.9 Å². The van der Waals surface area contributed by atoms with E-state index in [1.807, 2.05) is 30.1 Å². The van der Waals surface area contributed by atoms with Crippen molar-refractivity contribution in [1.29, 1.82) is 0 Å². The molecule has 1 atom stereocenters. The lowest BCUT2D eigenvalue weighted by Crippen LogP contribution is -2.25. The van der Waals surface area contributed by atoms with Crippen LogP contribution in [0.25, 0.3) is 0 Å². The van der Waals surface area contributed by atoms with E-state index in [1.165, 1.54) is 12.4 Å². The maximum absolute atomic E-state index is 10.9. The molecule has 1 aliphatic rings. The zero-order valence-electron chi connectivity index (χ0n) is 11.5. The minimum absolute atomic E-state index is 0.0216. The predicted molar refractivity (Wildman–Crippen MR) is 81.3 cm³/mol. The molecule has 21 heavy (non-hydrogen) atoms. The van der Waals surface area contributed by atoms with Crippen LogP contribution in [-0.2, 0) is 0 Å². The lowest BCUT2D eigenvalue weighted by molar-refractivity contribution is -0.385. The molecule has 0 bridgehead atoms. The third kappa shape index (κ3) is 3.07. The maximum Gasteiger partial charge on any atom is 0.307 e. The summed E-state index contributed by atoms with van der Waals surface area (Å²) in [5.41, 5.74) is 1.10. The van der Waals surface area contributed by atoms with E-state index in [4.69, 9.17) is 0 Å². The average molecular weight is 304 g/mol. The van der Waals surface area contributed by atoms with Gasteiger partial charge in [-0.1, -0.05) is 6.07 Å². The number of nitrogens with zero attached hydrogens (tertiary/aromatic N) is 4. The van der Waals surface area contributed by atoms with Crippen molar-refractivity contribution in [1.82, 2.24) is 14.8 Å². The highest BCUT2D eigenvalue weighted by Crippen LogP contribution is 2.36. The first kappa shape index (κ1) is 14.1. The molecule has 2 aromatic rings. The Morgan fingerprint density at radius 3 is 2.81 bits per heavy atom. The van der Waals surface area contributed by atoms with E-state index in [0.717, 1.165) is 29.9 Å². The Morgan fingerprint density at radius 1 is 1.38 bits per heavy atom. The number of hydrogen-bond acceptors (Lipinski definition) is 5. The molecule has 3 rings (SSSR count). The molecule has 3 heterocycles. The van der Waals surface area contributed by atoms with Crippen LogP contribution in [-0.4, -0.2) is 31.2 Å². The first-order valence-corrected chi connectivity index (χ1v) is 8.07. The first-order chi connectivity index (χ1) is 10.3. The molecule has 0 spiro atoms. The Kier molecular flexibility index (Phi) is 4.19. The van der Waals surface area contributed by atoms with Crippen LogP contribution in [0.2, 0.25) is 0 Å². The summed E-state index contributed by atoms with van der Waals surface area (Å²) >= 11 is 1.96. The fraction of sp³-hybridized carbons (Fsp3) is 0.429. The van der Waals surface area contributed by atoms with Crippen molar-refractivity contribution in [3.05, 3.63) is 52.6 Å². The molecule has 0 N–H and O–H groups in total. The molecule has 7 heteroatoms. The molecule has 0 saturated carbocycles. The molecular weight excluding hydrogens is 288 g/mol. The lowest BCUT2D eigenvalue weighted by atomic mass is 9.89. The molecule has 0 aliphatic carbocycles. The maximum atomic E-state index is 10.9. The van der Waals surface area contributed by atoms with Crippen LogP contribution in [0.5, 0.6) is 0 Å². The Balaban J connectivity index is 1.96. The Morgan fingerprint density at radius 2 is 2.19 bits per heavy atom. The van der Waals surface area contributed by atoms with E-state index < -0.39 is 4.92 Å². The molecule has 1 unspecified atom stereocenters. The second kappa shape index (κ2) is 6.26. The number of nitro groups is 1. The van der Waals surface area contributed by atoms with Crippen molar-refractivity contribution in [3.63, 3.8) is 0 Å². The van der Waals surface area contributed by atoms with Gasteiger partial charge in [0.05, 0.1) is 11.0 Å². The monoisotopic (exact) mass is 304 g/mol. The van der Waals surface area contributed by atoms with Crippen LogP contribution in [0, 0.1) is 16.0 Å². The standard InChI is InChI=1S/C14H16N4O2S/c19-18(20)13-9-16-17(10-13)14(11-3-6-21-7-4-11)12-2-1-5-15-8-12/h1-2,5,8-11,14H,3-4,6-7H2. The summed E-state index contributed by atoms with van der Waals surface area (Å²) < 4.78 is 1.73. The van der Waals surface area contributed by atoms with Gasteiger partial charge in [0.25, 0.3) is 0 Å². The zero-order valence-corrected chi connectivity index (χ0v) is 12.3. The fourth-order valence-electron chi connectivity index (χ4n) is 2.80. The number of pyridine rings is 1. The summed E-state index contributed by atoms with van der Waals surface area (Å²) in [5.74, 6) is 2.70. The van der Waals surface area contributed by atoms with Gasteiger partial charge in [-0.3, -0.25) is 19.8 Å². The highest BCUT2D eigenvalue weighted by Gasteiger charge is 2.28. The van der Waals surface area contributed by atoms with Crippen molar-refractivity contribution < 1.29 is 4.92 Å². The first-order valence-electron chi connectivity index (χ1n) is 6.92. The lowest BCUT2D eigenvalue weighted by Gasteiger charge is -2.30. The van der Waals surface area contributed by atoms with Gasteiger partial charge in [0.15, 0.2) is 0 Å². The number of hydrogen-bond donors (Lipinski definition) is 0. The van der Waals surface area contributed by atoms with Crippen molar-refractivity contribution in [2.75, 3.05) is 11.5 Å². The molecule has 0 aromatic carbocycles. The molecule has 6 nitrogen and oxygen atoms in total. The molecule has 1 fully saturated rings. The van der Waals surface area contributed by atoms with Gasteiger partial charge in [-0.15, -0.1) is 0 Å². The van der Waals surface area contributed by atoms with Gasteiger partial charge in [0.1, 0.15) is 12.4 Å². The molecule has 0 amide bonds. The van der Waals surface area contributed by atoms with Gasteiger partial charge in [0.2, 0.25) is 0 Å².